The number of ether oxygens (including phenoxy) is 1. The highest BCUT2D eigenvalue weighted by molar-refractivity contribution is 9.09. The molecule has 2 atom stereocenters. The van der Waals surface area contributed by atoms with Gasteiger partial charge in [0.15, 0.2) is 11.0 Å². The van der Waals surface area contributed by atoms with Crippen molar-refractivity contribution in [3.63, 3.8) is 0 Å². The molecule has 1 fully saturated rings. The molecule has 1 N–H and O–H groups in total. The zero-order chi connectivity index (χ0) is 10.8. The molecule has 0 spiro atoms. The van der Waals surface area contributed by atoms with Crippen LogP contribution in [0.2, 0.25) is 5.22 Å². The molecule has 4 nitrogen and oxygen atoms in total. The summed E-state index contributed by atoms with van der Waals surface area (Å²) in [6.45, 7) is 1.11. The van der Waals surface area contributed by atoms with Crippen LogP contribution >= 0.6 is 27.5 Å². The Morgan fingerprint density at radius 3 is 2.87 bits per heavy atom. The monoisotopic (exact) mass is 293 g/mol. The van der Waals surface area contributed by atoms with Crippen LogP contribution in [0.4, 0.5) is 0 Å². The zero-order valence-corrected chi connectivity index (χ0v) is 10.0. The lowest BCUT2D eigenvalue weighted by Crippen LogP contribution is -2.40. The van der Waals surface area contributed by atoms with E-state index in [4.69, 9.17) is 20.8 Å². The molecule has 2 unspecified atom stereocenters. The SMILES string of the molecule is O=C(NC1COCC1Br)c1ccc(Cl)o1. The average Bonchev–Trinajstić information content (AvgIpc) is 2.77. The van der Waals surface area contributed by atoms with Crippen molar-refractivity contribution in [2.24, 2.45) is 0 Å². The Labute approximate surface area is 100 Å². The third-order valence-corrected chi connectivity index (χ3v) is 3.23. The molecular formula is C9H9BrClNO3. The molecular weight excluding hydrogens is 285 g/mol. The predicted octanol–water partition coefficient (Wildman–Crippen LogP) is 1.83. The minimum Gasteiger partial charge on any atom is -0.440 e. The maximum atomic E-state index is 11.6. The van der Waals surface area contributed by atoms with Gasteiger partial charge in [0.25, 0.3) is 5.91 Å². The highest BCUT2D eigenvalue weighted by atomic mass is 79.9. The van der Waals surface area contributed by atoms with Crippen LogP contribution in [-0.4, -0.2) is 30.0 Å². The standard InChI is InChI=1S/C9H9BrClNO3/c10-5-3-14-4-6(5)12-9(13)7-1-2-8(11)15-7/h1-2,5-6H,3-4H2,(H,12,13). The van der Waals surface area contributed by atoms with Gasteiger partial charge in [0.2, 0.25) is 0 Å². The lowest BCUT2D eigenvalue weighted by atomic mass is 10.2. The van der Waals surface area contributed by atoms with Gasteiger partial charge in [0.05, 0.1) is 24.1 Å². The molecule has 82 valence electrons. The maximum Gasteiger partial charge on any atom is 0.287 e. The molecule has 1 amide bonds. The fourth-order valence-electron chi connectivity index (χ4n) is 1.34. The third-order valence-electron chi connectivity index (χ3n) is 2.12. The second kappa shape index (κ2) is 4.55. The van der Waals surface area contributed by atoms with E-state index in [0.717, 1.165) is 0 Å². The average molecular weight is 295 g/mol. The van der Waals surface area contributed by atoms with Crippen molar-refractivity contribution >= 4 is 33.4 Å². The summed E-state index contributed by atoms with van der Waals surface area (Å²) in [6.07, 6.45) is 0. The minimum absolute atomic E-state index is 0.0265. The van der Waals surface area contributed by atoms with Gasteiger partial charge in [-0.1, -0.05) is 15.9 Å². The quantitative estimate of drug-likeness (QED) is 0.847. The molecule has 1 aliphatic heterocycles. The number of rotatable bonds is 2. The molecule has 1 saturated heterocycles. The van der Waals surface area contributed by atoms with Gasteiger partial charge in [-0.3, -0.25) is 4.79 Å². The third kappa shape index (κ3) is 2.53. The van der Waals surface area contributed by atoms with E-state index in [1.165, 1.54) is 12.1 Å². The van der Waals surface area contributed by atoms with E-state index in [1.54, 1.807) is 0 Å². The first kappa shape index (κ1) is 11.0. The number of furan rings is 1. The predicted molar refractivity (Wildman–Crippen MR) is 58.5 cm³/mol. The minimum atomic E-state index is -0.276. The Morgan fingerprint density at radius 2 is 2.33 bits per heavy atom. The van der Waals surface area contributed by atoms with Crippen molar-refractivity contribution in [2.45, 2.75) is 10.9 Å². The number of hydrogen-bond donors (Lipinski definition) is 1. The van der Waals surface area contributed by atoms with E-state index in [0.29, 0.717) is 13.2 Å². The molecule has 1 aliphatic rings. The van der Waals surface area contributed by atoms with E-state index >= 15 is 0 Å². The van der Waals surface area contributed by atoms with Crippen LogP contribution < -0.4 is 5.32 Å². The second-order valence-corrected chi connectivity index (χ2v) is 4.79. The lowest BCUT2D eigenvalue weighted by Gasteiger charge is -2.12. The summed E-state index contributed by atoms with van der Waals surface area (Å²) >= 11 is 8.98. The summed E-state index contributed by atoms with van der Waals surface area (Å²) in [6, 6.07) is 3.05. The largest absolute Gasteiger partial charge is 0.440 e. The first-order valence-corrected chi connectivity index (χ1v) is 5.74. The number of nitrogens with one attached hydrogen (secondary N) is 1. The van der Waals surface area contributed by atoms with Crippen LogP contribution in [0.15, 0.2) is 16.5 Å². The first-order valence-electron chi connectivity index (χ1n) is 4.45. The van der Waals surface area contributed by atoms with Crippen molar-refractivity contribution in [3.05, 3.63) is 23.1 Å². The van der Waals surface area contributed by atoms with E-state index in [2.05, 4.69) is 21.2 Å². The molecule has 0 saturated carbocycles. The molecule has 0 aliphatic carbocycles. The highest BCUT2D eigenvalue weighted by Crippen LogP contribution is 2.16. The summed E-state index contributed by atoms with van der Waals surface area (Å²) in [5.74, 6) is -0.0616. The van der Waals surface area contributed by atoms with E-state index in [9.17, 15) is 4.79 Å². The highest BCUT2D eigenvalue weighted by Gasteiger charge is 2.28. The number of amides is 1. The Hall–Kier alpha value is -0.520. The molecule has 0 radical (unpaired) electrons. The van der Waals surface area contributed by atoms with Crippen molar-refractivity contribution in [1.82, 2.24) is 5.32 Å². The number of hydrogen-bond acceptors (Lipinski definition) is 3. The Bertz CT molecular complexity index is 368. The summed E-state index contributed by atoms with van der Waals surface area (Å²) in [4.78, 5) is 11.8. The van der Waals surface area contributed by atoms with Gasteiger partial charge in [-0.05, 0) is 23.7 Å². The number of halogens is 2. The van der Waals surface area contributed by atoms with Crippen LogP contribution in [0.5, 0.6) is 0 Å². The topological polar surface area (TPSA) is 51.5 Å². The van der Waals surface area contributed by atoms with Crippen molar-refractivity contribution in [3.8, 4) is 0 Å². The number of carbonyl (C=O) groups is 1. The molecule has 6 heteroatoms. The van der Waals surface area contributed by atoms with E-state index < -0.39 is 0 Å². The second-order valence-electron chi connectivity index (χ2n) is 3.24. The molecule has 2 heterocycles. The first-order chi connectivity index (χ1) is 7.16. The molecule has 0 bridgehead atoms. The summed E-state index contributed by atoms with van der Waals surface area (Å²) < 4.78 is 10.2. The van der Waals surface area contributed by atoms with Gasteiger partial charge >= 0.3 is 0 Å². The molecule has 2 rings (SSSR count). The normalized spacial score (nSPS) is 25.5. The smallest absolute Gasteiger partial charge is 0.287 e. The van der Waals surface area contributed by atoms with Gasteiger partial charge in [0.1, 0.15) is 0 Å². The van der Waals surface area contributed by atoms with Crippen molar-refractivity contribution < 1.29 is 13.9 Å². The summed E-state index contributed by atoms with van der Waals surface area (Å²) in [7, 11) is 0. The van der Waals surface area contributed by atoms with Gasteiger partial charge in [-0.25, -0.2) is 0 Å². The lowest BCUT2D eigenvalue weighted by molar-refractivity contribution is 0.0902. The van der Waals surface area contributed by atoms with Gasteiger partial charge in [-0.15, -0.1) is 0 Å². The van der Waals surface area contributed by atoms with Gasteiger partial charge in [-0.2, -0.15) is 0 Å². The van der Waals surface area contributed by atoms with Crippen molar-refractivity contribution in [1.29, 1.82) is 0 Å². The fraction of sp³-hybridized carbons (Fsp3) is 0.444. The number of carbonyl (C=O) groups excluding carboxylic acids is 1. The van der Waals surface area contributed by atoms with Crippen LogP contribution in [0.3, 0.4) is 0 Å². The van der Waals surface area contributed by atoms with Crippen LogP contribution in [0.25, 0.3) is 0 Å². The van der Waals surface area contributed by atoms with Crippen molar-refractivity contribution in [2.75, 3.05) is 13.2 Å². The molecule has 0 aromatic carbocycles. The van der Waals surface area contributed by atoms with Crippen LogP contribution in [-0.2, 0) is 4.74 Å². The summed E-state index contributed by atoms with van der Waals surface area (Å²) in [5, 5.41) is 3.00. The summed E-state index contributed by atoms with van der Waals surface area (Å²) in [5.41, 5.74) is 0. The van der Waals surface area contributed by atoms with E-state index in [-0.39, 0.29) is 27.8 Å². The van der Waals surface area contributed by atoms with Crippen LogP contribution in [0, 0.1) is 0 Å². The van der Waals surface area contributed by atoms with E-state index in [1.807, 2.05) is 0 Å². The van der Waals surface area contributed by atoms with Gasteiger partial charge < -0.3 is 14.5 Å². The Morgan fingerprint density at radius 1 is 1.53 bits per heavy atom. The molecule has 1 aromatic rings. The molecule has 1 aromatic heterocycles. The molecule has 15 heavy (non-hydrogen) atoms. The maximum absolute atomic E-state index is 11.6. The zero-order valence-electron chi connectivity index (χ0n) is 7.70. The van der Waals surface area contributed by atoms with Crippen LogP contribution in [0.1, 0.15) is 10.6 Å². The Balaban J connectivity index is 1.97. The Kier molecular flexibility index (Phi) is 3.33. The number of alkyl halides is 1. The fourth-order valence-corrected chi connectivity index (χ4v) is 1.95. The van der Waals surface area contributed by atoms with Gasteiger partial charge in [0, 0.05) is 0 Å².